The van der Waals surface area contributed by atoms with Crippen molar-refractivity contribution in [2.24, 2.45) is 11.8 Å². The molecule has 2 heteroatoms. The zero-order chi connectivity index (χ0) is 14.8. The second-order valence-corrected chi connectivity index (χ2v) is 7.30. The third kappa shape index (κ3) is 3.28. The van der Waals surface area contributed by atoms with Crippen molar-refractivity contribution >= 4 is 13.3 Å². The largest absolute Gasteiger partial charge is 0.303 e. The number of hydrogen-bond acceptors (Lipinski definition) is 1. The van der Waals surface area contributed by atoms with Gasteiger partial charge in [-0.1, -0.05) is 49.1 Å². The molecule has 1 aromatic rings. The molecule has 0 amide bonds. The minimum Gasteiger partial charge on any atom is -0.303 e. The predicted octanol–water partition coefficient (Wildman–Crippen LogP) is 2.63. The van der Waals surface area contributed by atoms with Gasteiger partial charge in [-0.2, -0.15) is 0 Å². The molecule has 1 fully saturated rings. The maximum absolute atomic E-state index is 2.50. The molecule has 1 aromatic carbocycles. The van der Waals surface area contributed by atoms with Crippen molar-refractivity contribution < 1.29 is 0 Å². The Balaban J connectivity index is 2.14. The number of nitrogens with zero attached hydrogens (tertiary/aromatic N) is 1. The second-order valence-electron chi connectivity index (χ2n) is 7.30. The lowest BCUT2D eigenvalue weighted by molar-refractivity contribution is 0.0685. The van der Waals surface area contributed by atoms with Gasteiger partial charge < -0.3 is 4.90 Å². The van der Waals surface area contributed by atoms with E-state index in [1.54, 1.807) is 0 Å². The molecule has 0 aliphatic heterocycles. The molecule has 0 radical (unpaired) electrons. The standard InChI is InChI=1S/C18H30BN/c1-14(2)15-9-11-18(12-10-15,20(3)4)13-16-7-5-6-8-17(16)19/h5-8,14-15H,9-13,19H2,1-4H3. The van der Waals surface area contributed by atoms with E-state index >= 15 is 0 Å². The van der Waals surface area contributed by atoms with Gasteiger partial charge in [0.15, 0.2) is 0 Å². The monoisotopic (exact) mass is 271 g/mol. The van der Waals surface area contributed by atoms with Crippen LogP contribution in [0.15, 0.2) is 24.3 Å². The van der Waals surface area contributed by atoms with Gasteiger partial charge in [-0.05, 0) is 58.0 Å². The van der Waals surface area contributed by atoms with Gasteiger partial charge in [-0.25, -0.2) is 0 Å². The van der Waals surface area contributed by atoms with Crippen molar-refractivity contribution in [1.29, 1.82) is 0 Å². The Hall–Kier alpha value is -0.755. The molecule has 0 aromatic heterocycles. The van der Waals surface area contributed by atoms with Gasteiger partial charge in [0, 0.05) is 5.54 Å². The number of benzene rings is 1. The number of hydrogen-bond donors (Lipinski definition) is 0. The maximum Gasteiger partial charge on any atom is 0.139 e. The summed E-state index contributed by atoms with van der Waals surface area (Å²) in [6.45, 7) is 4.77. The summed E-state index contributed by atoms with van der Waals surface area (Å²) in [6, 6.07) is 8.90. The van der Waals surface area contributed by atoms with E-state index in [4.69, 9.17) is 0 Å². The van der Waals surface area contributed by atoms with E-state index < -0.39 is 0 Å². The molecule has 0 N–H and O–H groups in total. The average molecular weight is 271 g/mol. The smallest absolute Gasteiger partial charge is 0.139 e. The highest BCUT2D eigenvalue weighted by atomic mass is 15.1. The van der Waals surface area contributed by atoms with Crippen LogP contribution in [0.1, 0.15) is 45.1 Å². The third-order valence-corrected chi connectivity index (χ3v) is 5.63. The normalized spacial score (nSPS) is 27.2. The molecule has 1 saturated carbocycles. The van der Waals surface area contributed by atoms with E-state index in [-0.39, 0.29) is 0 Å². The van der Waals surface area contributed by atoms with Crippen molar-refractivity contribution in [1.82, 2.24) is 4.90 Å². The maximum atomic E-state index is 2.50. The van der Waals surface area contributed by atoms with Gasteiger partial charge in [0.25, 0.3) is 0 Å². The molecule has 0 bridgehead atoms. The van der Waals surface area contributed by atoms with Crippen LogP contribution in [-0.4, -0.2) is 32.4 Å². The molecular weight excluding hydrogens is 241 g/mol. The summed E-state index contributed by atoms with van der Waals surface area (Å²) >= 11 is 0. The molecule has 0 spiro atoms. The molecule has 0 unspecified atom stereocenters. The van der Waals surface area contributed by atoms with Gasteiger partial charge in [0.1, 0.15) is 7.85 Å². The average Bonchev–Trinajstić information content (AvgIpc) is 2.42. The van der Waals surface area contributed by atoms with Crippen molar-refractivity contribution in [3.63, 3.8) is 0 Å². The Labute approximate surface area is 126 Å². The van der Waals surface area contributed by atoms with Gasteiger partial charge in [0.2, 0.25) is 0 Å². The first-order chi connectivity index (χ1) is 9.44. The van der Waals surface area contributed by atoms with Crippen molar-refractivity contribution in [3.8, 4) is 0 Å². The fraction of sp³-hybridized carbons (Fsp3) is 0.667. The van der Waals surface area contributed by atoms with Crippen molar-refractivity contribution in [3.05, 3.63) is 29.8 Å². The van der Waals surface area contributed by atoms with Gasteiger partial charge >= 0.3 is 0 Å². The van der Waals surface area contributed by atoms with Crippen LogP contribution in [0, 0.1) is 11.8 Å². The van der Waals surface area contributed by atoms with Gasteiger partial charge in [-0.3, -0.25) is 0 Å². The van der Waals surface area contributed by atoms with E-state index in [1.165, 1.54) is 43.1 Å². The zero-order valence-corrected chi connectivity index (χ0v) is 13.9. The highest BCUT2D eigenvalue weighted by molar-refractivity contribution is 6.33. The van der Waals surface area contributed by atoms with Crippen molar-refractivity contribution in [2.45, 2.75) is 51.5 Å². The lowest BCUT2D eigenvalue weighted by Gasteiger charge is -2.46. The molecule has 0 saturated heterocycles. The van der Waals surface area contributed by atoms with Crippen LogP contribution < -0.4 is 5.46 Å². The number of likely N-dealkylation sites (N-methyl/N-ethyl adjacent to an activating group) is 1. The van der Waals surface area contributed by atoms with E-state index in [9.17, 15) is 0 Å². The Morgan fingerprint density at radius 2 is 1.80 bits per heavy atom. The van der Waals surface area contributed by atoms with Crippen LogP contribution in [-0.2, 0) is 6.42 Å². The molecule has 20 heavy (non-hydrogen) atoms. The van der Waals surface area contributed by atoms with Crippen LogP contribution in [0.4, 0.5) is 0 Å². The molecule has 110 valence electrons. The molecule has 1 aliphatic carbocycles. The van der Waals surface area contributed by atoms with Crippen molar-refractivity contribution in [2.75, 3.05) is 14.1 Å². The van der Waals surface area contributed by atoms with Crippen LogP contribution >= 0.6 is 0 Å². The van der Waals surface area contributed by atoms with Crippen LogP contribution in [0.25, 0.3) is 0 Å². The fourth-order valence-electron chi connectivity index (χ4n) is 3.79. The number of rotatable bonds is 4. The molecular formula is C18H30BN. The van der Waals surface area contributed by atoms with Crippen LogP contribution in [0.2, 0.25) is 0 Å². The second kappa shape index (κ2) is 6.34. The van der Waals surface area contributed by atoms with E-state index in [0.717, 1.165) is 11.8 Å². The highest BCUT2D eigenvalue weighted by Gasteiger charge is 2.37. The highest BCUT2D eigenvalue weighted by Crippen LogP contribution is 2.40. The Morgan fingerprint density at radius 3 is 2.30 bits per heavy atom. The molecule has 1 nitrogen and oxygen atoms in total. The lowest BCUT2D eigenvalue weighted by Crippen LogP contribution is -2.49. The Bertz CT molecular complexity index is 431. The first kappa shape index (κ1) is 15.6. The summed E-state index contributed by atoms with van der Waals surface area (Å²) in [7, 11) is 6.79. The minimum absolute atomic E-state index is 0.373. The van der Waals surface area contributed by atoms with E-state index in [0.29, 0.717) is 5.54 Å². The minimum atomic E-state index is 0.373. The molecule has 2 rings (SSSR count). The summed E-state index contributed by atoms with van der Waals surface area (Å²) in [5.74, 6) is 1.77. The summed E-state index contributed by atoms with van der Waals surface area (Å²) < 4.78 is 0. The third-order valence-electron chi connectivity index (χ3n) is 5.63. The van der Waals surface area contributed by atoms with E-state index in [2.05, 4.69) is 65.0 Å². The summed E-state index contributed by atoms with van der Waals surface area (Å²) in [4.78, 5) is 2.50. The van der Waals surface area contributed by atoms with Gasteiger partial charge in [-0.15, -0.1) is 0 Å². The summed E-state index contributed by atoms with van der Waals surface area (Å²) in [5.41, 5.74) is 3.35. The first-order valence-electron chi connectivity index (χ1n) is 8.16. The SMILES string of the molecule is Bc1ccccc1CC1(N(C)C)CCC(C(C)C)CC1. The van der Waals surface area contributed by atoms with Gasteiger partial charge in [0.05, 0.1) is 0 Å². The fourth-order valence-corrected chi connectivity index (χ4v) is 3.79. The van der Waals surface area contributed by atoms with E-state index in [1.807, 2.05) is 0 Å². The first-order valence-corrected chi connectivity index (χ1v) is 8.16. The quantitative estimate of drug-likeness (QED) is 0.761. The Morgan fingerprint density at radius 1 is 1.20 bits per heavy atom. The van der Waals surface area contributed by atoms with Crippen LogP contribution in [0.3, 0.4) is 0 Å². The Kier molecular flexibility index (Phi) is 4.96. The molecule has 0 atom stereocenters. The topological polar surface area (TPSA) is 3.24 Å². The summed E-state index contributed by atoms with van der Waals surface area (Å²) in [6.07, 6.45) is 6.68. The zero-order valence-electron chi connectivity index (χ0n) is 13.9. The summed E-state index contributed by atoms with van der Waals surface area (Å²) in [5, 5.41) is 0. The lowest BCUT2D eigenvalue weighted by atomic mass is 9.69. The van der Waals surface area contributed by atoms with Crippen LogP contribution in [0.5, 0.6) is 0 Å². The molecule has 1 aliphatic rings. The molecule has 0 heterocycles. The predicted molar refractivity (Wildman–Crippen MR) is 91.5 cm³/mol.